The molecule has 0 amide bonds. The summed E-state index contributed by atoms with van der Waals surface area (Å²) >= 11 is 0. The van der Waals surface area contributed by atoms with E-state index in [4.69, 9.17) is 19.7 Å². The third-order valence-electron chi connectivity index (χ3n) is 8.32. The first-order chi connectivity index (χ1) is 23.2. The molecule has 266 valence electrons. The molecule has 4 aromatic rings. The molecule has 5 heterocycles. The van der Waals surface area contributed by atoms with Gasteiger partial charge in [-0.1, -0.05) is 19.9 Å². The Kier molecular flexibility index (Phi) is 12.4. The maximum atomic E-state index is 15.4. The van der Waals surface area contributed by atoms with Gasteiger partial charge in [0.25, 0.3) is 0 Å². The number of benzene rings is 2. The summed E-state index contributed by atoms with van der Waals surface area (Å²) in [7, 11) is 0. The third kappa shape index (κ3) is 9.76. The van der Waals surface area contributed by atoms with Crippen molar-refractivity contribution >= 4 is 17.4 Å². The summed E-state index contributed by atoms with van der Waals surface area (Å²) in [5.41, 5.74) is 2.80. The Morgan fingerprint density at radius 3 is 2.33 bits per heavy atom. The number of aliphatic hydroxyl groups is 1. The quantitative estimate of drug-likeness (QED) is 0.219. The van der Waals surface area contributed by atoms with Gasteiger partial charge in [-0.2, -0.15) is 9.61 Å². The lowest BCUT2D eigenvalue weighted by atomic mass is 9.92. The van der Waals surface area contributed by atoms with Crippen molar-refractivity contribution in [2.45, 2.75) is 98.2 Å². The van der Waals surface area contributed by atoms with Crippen LogP contribution in [0.25, 0.3) is 28.0 Å². The van der Waals surface area contributed by atoms with Crippen molar-refractivity contribution in [2.24, 2.45) is 0 Å². The van der Waals surface area contributed by atoms with Gasteiger partial charge < -0.3 is 24.6 Å². The number of aliphatic carboxylic acids is 1. The Hall–Kier alpha value is -4.09. The lowest BCUT2D eigenvalue weighted by Gasteiger charge is -2.41. The number of ether oxygens (including phenoxy) is 2. The van der Waals surface area contributed by atoms with Crippen molar-refractivity contribution < 1.29 is 33.3 Å². The van der Waals surface area contributed by atoms with Crippen LogP contribution < -0.4 is 9.64 Å². The van der Waals surface area contributed by atoms with E-state index in [1.54, 1.807) is 56.5 Å². The molecule has 0 radical (unpaired) electrons. The second-order valence-electron chi connectivity index (χ2n) is 13.6. The van der Waals surface area contributed by atoms with Crippen LogP contribution in [0.4, 0.5) is 14.6 Å². The molecular formula is C38H50F2N4O5. The molecule has 3 aliphatic heterocycles. The molecule has 1 fully saturated rings. The van der Waals surface area contributed by atoms with Gasteiger partial charge in [0.15, 0.2) is 5.65 Å². The van der Waals surface area contributed by atoms with Crippen LogP contribution in [0.2, 0.25) is 0 Å². The first-order valence-corrected chi connectivity index (χ1v) is 17.2. The highest BCUT2D eigenvalue weighted by molar-refractivity contribution is 5.78. The number of hydrogen-bond acceptors (Lipinski definition) is 7. The van der Waals surface area contributed by atoms with Crippen molar-refractivity contribution in [3.05, 3.63) is 65.4 Å². The average molecular weight is 681 g/mol. The molecule has 11 heteroatoms. The van der Waals surface area contributed by atoms with Crippen molar-refractivity contribution in [1.82, 2.24) is 14.6 Å². The Bertz CT molecular complexity index is 1740. The molecule has 9 nitrogen and oxygen atoms in total. The van der Waals surface area contributed by atoms with Crippen LogP contribution in [0.3, 0.4) is 0 Å². The summed E-state index contributed by atoms with van der Waals surface area (Å²) in [6, 6.07) is 10.8. The van der Waals surface area contributed by atoms with E-state index in [-0.39, 0.29) is 17.6 Å². The standard InChI is InChI=1S/C32H34F2N4O4.C4H10O.C2H6/c1-20-24(18-30(39)40)31-37-12-10-32(2,11-13-37)42-15-5-3-4-14-41-28-17-22(33)7-8-23(28)21-6-9-26(34)25(16-21)27-19-29(35-20)38(31)36-27;1-4(2,3)5;1-2/h6-9,16-17,19H,3-5,10-15,18H2,1-2H3,(H,39,40);5H,1-3H3;1-2H3. The van der Waals surface area contributed by atoms with Crippen LogP contribution in [-0.2, 0) is 16.0 Å². The minimum absolute atomic E-state index is 0.208. The minimum Gasteiger partial charge on any atom is -0.493 e. The monoisotopic (exact) mass is 680 g/mol. The first kappa shape index (κ1) is 37.7. The number of piperidine rings is 1. The van der Waals surface area contributed by atoms with Crippen molar-refractivity contribution in [2.75, 3.05) is 31.2 Å². The van der Waals surface area contributed by atoms with E-state index in [1.807, 2.05) is 13.8 Å². The highest BCUT2D eigenvalue weighted by Gasteiger charge is 2.33. The molecule has 0 atom stereocenters. The molecule has 6 bridgehead atoms. The molecule has 0 unspecified atom stereocenters. The van der Waals surface area contributed by atoms with Crippen LogP contribution >= 0.6 is 0 Å². The van der Waals surface area contributed by atoms with Crippen LogP contribution in [0.15, 0.2) is 42.5 Å². The van der Waals surface area contributed by atoms with Gasteiger partial charge in [0.2, 0.25) is 0 Å². The zero-order valence-corrected chi connectivity index (χ0v) is 29.8. The van der Waals surface area contributed by atoms with Crippen LogP contribution in [0.5, 0.6) is 5.75 Å². The topological polar surface area (TPSA) is 109 Å². The number of rotatable bonds is 2. The second-order valence-corrected chi connectivity index (χ2v) is 13.6. The van der Waals surface area contributed by atoms with Crippen molar-refractivity contribution in [3.8, 4) is 28.1 Å². The molecule has 0 saturated carbocycles. The molecule has 0 spiro atoms. The molecule has 1 saturated heterocycles. The Morgan fingerprint density at radius 1 is 0.980 bits per heavy atom. The van der Waals surface area contributed by atoms with E-state index in [2.05, 4.69) is 16.8 Å². The SMILES string of the molecule is CC.CC(C)(C)O.Cc1nc2cc3nn2c(c1CC(=O)O)N1CCC(C)(CC1)OCCCCCOc1cc(F)ccc1-c1ccc(F)c-3c1. The first-order valence-electron chi connectivity index (χ1n) is 17.2. The van der Waals surface area contributed by atoms with Gasteiger partial charge in [-0.3, -0.25) is 4.79 Å². The van der Waals surface area contributed by atoms with E-state index in [0.29, 0.717) is 71.6 Å². The number of fused-ring (bicyclic) bond motifs is 8. The predicted molar refractivity (Wildman–Crippen MR) is 188 cm³/mol. The lowest BCUT2D eigenvalue weighted by Crippen LogP contribution is -2.45. The summed E-state index contributed by atoms with van der Waals surface area (Å²) in [6.07, 6.45) is 3.89. The van der Waals surface area contributed by atoms with Crippen LogP contribution in [-0.4, -0.2) is 68.3 Å². The largest absolute Gasteiger partial charge is 0.493 e. The van der Waals surface area contributed by atoms with Crippen LogP contribution in [0.1, 0.15) is 84.9 Å². The molecule has 7 rings (SSSR count). The van der Waals surface area contributed by atoms with E-state index < -0.39 is 23.2 Å². The summed E-state index contributed by atoms with van der Waals surface area (Å²) in [6.45, 7) is 15.5. The summed E-state index contributed by atoms with van der Waals surface area (Å²) < 4.78 is 43.6. The minimum atomic E-state index is -0.962. The van der Waals surface area contributed by atoms with Gasteiger partial charge in [0, 0.05) is 54.2 Å². The number of carbonyl (C=O) groups is 1. The number of nitrogens with zero attached hydrogens (tertiary/aromatic N) is 4. The summed E-state index contributed by atoms with van der Waals surface area (Å²) in [4.78, 5) is 18.7. The fraction of sp³-hybridized carbons (Fsp3) is 0.500. The number of aromatic nitrogens is 3. The molecular weight excluding hydrogens is 630 g/mol. The number of carboxylic acids is 1. The molecule has 0 aliphatic carbocycles. The zero-order chi connectivity index (χ0) is 35.9. The molecule has 2 aromatic heterocycles. The van der Waals surface area contributed by atoms with Crippen molar-refractivity contribution in [1.29, 1.82) is 0 Å². The highest BCUT2D eigenvalue weighted by Crippen LogP contribution is 2.37. The summed E-state index contributed by atoms with van der Waals surface area (Å²) in [5.74, 6) is -0.791. The van der Waals surface area contributed by atoms with Gasteiger partial charge in [0.05, 0.1) is 29.9 Å². The zero-order valence-electron chi connectivity index (χ0n) is 29.8. The number of carboxylic acid groups (broad SMARTS) is 1. The Morgan fingerprint density at radius 2 is 1.65 bits per heavy atom. The van der Waals surface area contributed by atoms with Gasteiger partial charge in [-0.05, 0) is 96.6 Å². The van der Waals surface area contributed by atoms with Crippen molar-refractivity contribution in [3.63, 3.8) is 0 Å². The van der Waals surface area contributed by atoms with E-state index in [9.17, 15) is 14.3 Å². The molecule has 3 aliphatic rings. The molecule has 2 N–H and O–H groups in total. The lowest BCUT2D eigenvalue weighted by molar-refractivity contribution is -0.136. The number of aryl methyl sites for hydroxylation is 1. The predicted octanol–water partition coefficient (Wildman–Crippen LogP) is 8.02. The summed E-state index contributed by atoms with van der Waals surface area (Å²) in [5, 5.41) is 23.0. The van der Waals surface area contributed by atoms with E-state index in [1.165, 1.54) is 18.2 Å². The van der Waals surface area contributed by atoms with Gasteiger partial charge in [-0.15, -0.1) is 0 Å². The average Bonchev–Trinajstić information content (AvgIpc) is 3.45. The fourth-order valence-electron chi connectivity index (χ4n) is 5.91. The number of hydrogen-bond donors (Lipinski definition) is 2. The maximum Gasteiger partial charge on any atom is 0.308 e. The molecule has 2 aromatic carbocycles. The van der Waals surface area contributed by atoms with Gasteiger partial charge in [-0.25, -0.2) is 13.8 Å². The van der Waals surface area contributed by atoms with Gasteiger partial charge in [0.1, 0.15) is 23.2 Å². The van der Waals surface area contributed by atoms with E-state index in [0.717, 1.165) is 32.1 Å². The highest BCUT2D eigenvalue weighted by atomic mass is 19.1. The number of anilines is 1. The number of halogens is 2. The smallest absolute Gasteiger partial charge is 0.308 e. The Labute approximate surface area is 287 Å². The van der Waals surface area contributed by atoms with E-state index >= 15 is 4.39 Å². The fourth-order valence-corrected chi connectivity index (χ4v) is 5.91. The van der Waals surface area contributed by atoms with Crippen LogP contribution in [0, 0.1) is 18.6 Å². The third-order valence-corrected chi connectivity index (χ3v) is 8.32. The normalized spacial score (nSPS) is 16.1. The van der Waals surface area contributed by atoms with Gasteiger partial charge >= 0.3 is 5.97 Å². The molecule has 49 heavy (non-hydrogen) atoms. The second kappa shape index (κ2) is 16.1. The maximum absolute atomic E-state index is 15.4. The Balaban J connectivity index is 0.000000710.